The number of carbonyl (C=O) groups excluding carboxylic acids is 1. The Morgan fingerprint density at radius 3 is 2.62 bits per heavy atom. The van der Waals surface area contributed by atoms with Crippen LogP contribution in [0.15, 0.2) is 54.6 Å². The summed E-state index contributed by atoms with van der Waals surface area (Å²) in [6, 6.07) is 18.0. The number of aromatic nitrogens is 1. The number of fused-ring (bicyclic) bond motifs is 3. The number of ether oxygens (including phenoxy) is 1. The van der Waals surface area contributed by atoms with Crippen molar-refractivity contribution in [1.82, 2.24) is 10.3 Å². The van der Waals surface area contributed by atoms with E-state index in [4.69, 9.17) is 9.72 Å². The number of benzene rings is 2. The largest absolute Gasteiger partial charge is 0.491 e. The minimum Gasteiger partial charge on any atom is -0.491 e. The number of nitrogens with one attached hydrogen (secondary N) is 1. The van der Waals surface area contributed by atoms with Gasteiger partial charge in [0.25, 0.3) is 5.91 Å². The van der Waals surface area contributed by atoms with Crippen LogP contribution in [0, 0.1) is 17.8 Å². The molecule has 2 aromatic carbocycles. The van der Waals surface area contributed by atoms with Gasteiger partial charge >= 0.3 is 0 Å². The number of para-hydroxylation sites is 1. The number of pyridine rings is 1. The van der Waals surface area contributed by atoms with Gasteiger partial charge in [-0.2, -0.15) is 0 Å². The van der Waals surface area contributed by atoms with Gasteiger partial charge in [-0.1, -0.05) is 36.8 Å². The molecule has 1 N–H and O–H groups in total. The molecule has 0 spiro atoms. The van der Waals surface area contributed by atoms with Crippen LogP contribution in [0.4, 0.5) is 0 Å². The molecule has 5 rings (SSSR count). The van der Waals surface area contributed by atoms with E-state index in [9.17, 15) is 4.79 Å². The van der Waals surface area contributed by atoms with Gasteiger partial charge < -0.3 is 10.1 Å². The SMILES string of the molecule is CC(C)Oc1cccc(-c2cc(C(=O)N[C@H](C)[C@@H]3C[C@@H]4CC[C@@H]3C4)c3ccccc3n2)c1. The van der Waals surface area contributed by atoms with Crippen LogP contribution in [-0.2, 0) is 0 Å². The number of amides is 1. The highest BCUT2D eigenvalue weighted by atomic mass is 16.5. The molecule has 2 aliphatic rings. The van der Waals surface area contributed by atoms with Crippen LogP contribution in [0.1, 0.15) is 56.8 Å². The summed E-state index contributed by atoms with van der Waals surface area (Å²) in [6.45, 7) is 6.21. The highest BCUT2D eigenvalue weighted by Crippen LogP contribution is 2.49. The van der Waals surface area contributed by atoms with Crippen LogP contribution in [0.2, 0.25) is 0 Å². The number of hydrogen-bond acceptors (Lipinski definition) is 3. The molecule has 1 heterocycles. The fourth-order valence-electron chi connectivity index (χ4n) is 5.81. The van der Waals surface area contributed by atoms with Crippen molar-refractivity contribution in [3.63, 3.8) is 0 Å². The van der Waals surface area contributed by atoms with Crippen LogP contribution in [-0.4, -0.2) is 23.0 Å². The first-order valence-electron chi connectivity index (χ1n) is 12.0. The van der Waals surface area contributed by atoms with Crippen molar-refractivity contribution in [2.24, 2.45) is 17.8 Å². The minimum atomic E-state index is -0.00490. The van der Waals surface area contributed by atoms with E-state index in [2.05, 4.69) is 12.2 Å². The van der Waals surface area contributed by atoms with Crippen molar-refractivity contribution in [3.05, 3.63) is 60.2 Å². The Morgan fingerprint density at radius 1 is 1.03 bits per heavy atom. The van der Waals surface area contributed by atoms with Crippen molar-refractivity contribution in [1.29, 1.82) is 0 Å². The number of hydrogen-bond donors (Lipinski definition) is 1. The summed E-state index contributed by atoms with van der Waals surface area (Å²) < 4.78 is 5.87. The molecule has 2 saturated carbocycles. The number of rotatable bonds is 6. The van der Waals surface area contributed by atoms with Gasteiger partial charge in [-0.3, -0.25) is 4.79 Å². The average molecular weight is 429 g/mol. The zero-order valence-electron chi connectivity index (χ0n) is 19.2. The maximum Gasteiger partial charge on any atom is 0.252 e. The summed E-state index contributed by atoms with van der Waals surface area (Å²) >= 11 is 0. The Kier molecular flexibility index (Phi) is 5.62. The third kappa shape index (κ3) is 4.11. The van der Waals surface area contributed by atoms with E-state index in [1.54, 1.807) is 0 Å². The molecule has 166 valence electrons. The zero-order chi connectivity index (χ0) is 22.2. The third-order valence-corrected chi connectivity index (χ3v) is 7.26. The molecule has 0 aliphatic heterocycles. The fourth-order valence-corrected chi connectivity index (χ4v) is 5.81. The second-order valence-corrected chi connectivity index (χ2v) is 9.87. The molecule has 32 heavy (non-hydrogen) atoms. The first kappa shape index (κ1) is 21.0. The van der Waals surface area contributed by atoms with Gasteiger partial charge in [-0.05, 0) is 82.1 Å². The molecule has 2 bridgehead atoms. The van der Waals surface area contributed by atoms with E-state index in [1.807, 2.05) is 68.4 Å². The second kappa shape index (κ2) is 8.57. The second-order valence-electron chi connectivity index (χ2n) is 9.87. The van der Waals surface area contributed by atoms with E-state index >= 15 is 0 Å². The lowest BCUT2D eigenvalue weighted by molar-refractivity contribution is 0.0917. The Balaban J connectivity index is 1.46. The van der Waals surface area contributed by atoms with Crippen molar-refractivity contribution < 1.29 is 9.53 Å². The third-order valence-electron chi connectivity index (χ3n) is 7.26. The Morgan fingerprint density at radius 2 is 1.88 bits per heavy atom. The molecule has 4 nitrogen and oxygen atoms in total. The summed E-state index contributed by atoms with van der Waals surface area (Å²) in [6.07, 6.45) is 5.41. The van der Waals surface area contributed by atoms with Crippen LogP contribution in [0.5, 0.6) is 5.75 Å². The molecule has 2 fully saturated rings. The molecule has 1 amide bonds. The predicted octanol–water partition coefficient (Wildman–Crippen LogP) is 6.24. The Bertz CT molecular complexity index is 1140. The van der Waals surface area contributed by atoms with Crippen molar-refractivity contribution in [2.45, 2.75) is 58.6 Å². The van der Waals surface area contributed by atoms with Gasteiger partial charge in [0.05, 0.1) is 22.9 Å². The van der Waals surface area contributed by atoms with E-state index in [1.165, 1.54) is 25.7 Å². The lowest BCUT2D eigenvalue weighted by Gasteiger charge is -2.28. The van der Waals surface area contributed by atoms with E-state index in [0.29, 0.717) is 11.5 Å². The first-order chi connectivity index (χ1) is 15.5. The van der Waals surface area contributed by atoms with Crippen LogP contribution in [0.25, 0.3) is 22.2 Å². The quantitative estimate of drug-likeness (QED) is 0.505. The predicted molar refractivity (Wildman–Crippen MR) is 129 cm³/mol. The highest BCUT2D eigenvalue weighted by molar-refractivity contribution is 6.07. The summed E-state index contributed by atoms with van der Waals surface area (Å²) in [4.78, 5) is 18.3. The van der Waals surface area contributed by atoms with Gasteiger partial charge in [0.1, 0.15) is 5.75 Å². The monoisotopic (exact) mass is 428 g/mol. The topological polar surface area (TPSA) is 51.2 Å². The van der Waals surface area contributed by atoms with Crippen LogP contribution in [0.3, 0.4) is 0 Å². The lowest BCUT2D eigenvalue weighted by Crippen LogP contribution is -2.40. The molecular weight excluding hydrogens is 396 g/mol. The van der Waals surface area contributed by atoms with Crippen LogP contribution >= 0.6 is 0 Å². The lowest BCUT2D eigenvalue weighted by atomic mass is 9.84. The number of carbonyl (C=O) groups is 1. The van der Waals surface area contributed by atoms with Gasteiger partial charge in [0.2, 0.25) is 0 Å². The summed E-state index contributed by atoms with van der Waals surface area (Å²) in [7, 11) is 0. The molecule has 1 aromatic heterocycles. The number of nitrogens with zero attached hydrogens (tertiary/aromatic N) is 1. The van der Waals surface area contributed by atoms with Gasteiger partial charge in [0, 0.05) is 17.0 Å². The Hall–Kier alpha value is -2.88. The molecule has 2 aliphatic carbocycles. The molecule has 0 radical (unpaired) electrons. The van der Waals surface area contributed by atoms with Crippen molar-refractivity contribution >= 4 is 16.8 Å². The highest BCUT2D eigenvalue weighted by Gasteiger charge is 2.42. The van der Waals surface area contributed by atoms with E-state index in [0.717, 1.165) is 39.7 Å². The maximum absolute atomic E-state index is 13.5. The van der Waals surface area contributed by atoms with Gasteiger partial charge in [-0.25, -0.2) is 4.98 Å². The standard InChI is InChI=1S/C28H32N2O2/c1-17(2)32-22-8-6-7-21(15-22)27-16-25(23-9-4-5-10-26(23)30-27)28(31)29-18(3)24-14-19-11-12-20(24)13-19/h4-10,15-20,24H,11-14H2,1-3H3,(H,29,31)/t18-,19-,20-,24+/m1/s1. The summed E-state index contributed by atoms with van der Waals surface area (Å²) in [5.41, 5.74) is 3.26. The average Bonchev–Trinajstić information content (AvgIpc) is 3.42. The van der Waals surface area contributed by atoms with Crippen molar-refractivity contribution in [3.8, 4) is 17.0 Å². The summed E-state index contributed by atoms with van der Waals surface area (Å²) in [5, 5.41) is 4.23. The van der Waals surface area contributed by atoms with Gasteiger partial charge in [0.15, 0.2) is 0 Å². The smallest absolute Gasteiger partial charge is 0.252 e. The minimum absolute atomic E-state index is 0.00490. The van der Waals surface area contributed by atoms with Crippen LogP contribution < -0.4 is 10.1 Å². The van der Waals surface area contributed by atoms with Gasteiger partial charge in [-0.15, -0.1) is 0 Å². The fraction of sp³-hybridized carbons (Fsp3) is 0.429. The molecule has 3 aromatic rings. The first-order valence-corrected chi connectivity index (χ1v) is 12.0. The van der Waals surface area contributed by atoms with E-state index in [-0.39, 0.29) is 18.1 Å². The maximum atomic E-state index is 13.5. The Labute approximate surface area is 190 Å². The molecule has 4 atom stereocenters. The molecule has 0 unspecified atom stereocenters. The van der Waals surface area contributed by atoms with E-state index < -0.39 is 0 Å². The van der Waals surface area contributed by atoms with Crippen molar-refractivity contribution in [2.75, 3.05) is 0 Å². The molecule has 0 saturated heterocycles. The molecular formula is C28H32N2O2. The normalized spacial score (nSPS) is 22.9. The summed E-state index contributed by atoms with van der Waals surface area (Å²) in [5.74, 6) is 3.06. The molecule has 4 heteroatoms. The zero-order valence-corrected chi connectivity index (χ0v) is 19.2.